The predicted molar refractivity (Wildman–Crippen MR) is 61.2 cm³/mol. The Balaban J connectivity index is 0.000000461. The second-order valence-corrected chi connectivity index (χ2v) is 4.73. The molecule has 2 saturated carbocycles. The van der Waals surface area contributed by atoms with E-state index in [0.29, 0.717) is 5.92 Å². The monoisotopic (exact) mass is 198 g/mol. The fourth-order valence-corrected chi connectivity index (χ4v) is 3.23. The number of hydrogen-bond acceptors (Lipinski definition) is 1. The molecule has 0 aliphatic heterocycles. The topological polar surface area (TPSA) is 20.2 Å². The quantitative estimate of drug-likeness (QED) is 0.630. The molecular weight excluding hydrogens is 172 g/mol. The molecule has 1 heteroatoms. The second-order valence-electron chi connectivity index (χ2n) is 4.73. The molecule has 2 rings (SSSR count). The molecule has 14 heavy (non-hydrogen) atoms. The maximum Gasteiger partial charge on any atom is 0.0571 e. The van der Waals surface area contributed by atoms with Crippen molar-refractivity contribution >= 4 is 0 Å². The molecule has 0 saturated heterocycles. The Hall–Kier alpha value is -0.0400. The molecule has 0 heterocycles. The number of aliphatic hydroxyl groups excluding tert-OH is 1. The summed E-state index contributed by atoms with van der Waals surface area (Å²) in [6, 6.07) is 0. The normalized spacial score (nSPS) is 42.0. The first kappa shape index (κ1) is 12.0. The molecular formula is C13H26O. The molecule has 2 fully saturated rings. The lowest BCUT2D eigenvalue weighted by atomic mass is 9.65. The van der Waals surface area contributed by atoms with Gasteiger partial charge in [-0.3, -0.25) is 0 Å². The number of hydrogen-bond donors (Lipinski definition) is 1. The third-order valence-electron chi connectivity index (χ3n) is 4.02. The van der Waals surface area contributed by atoms with Crippen LogP contribution in [0.1, 0.15) is 59.3 Å². The van der Waals surface area contributed by atoms with Gasteiger partial charge in [-0.15, -0.1) is 0 Å². The summed E-state index contributed by atoms with van der Waals surface area (Å²) < 4.78 is 0. The third-order valence-corrected chi connectivity index (χ3v) is 4.02. The minimum atomic E-state index is 0.0338. The molecule has 4 atom stereocenters. The lowest BCUT2D eigenvalue weighted by molar-refractivity contribution is -0.0155. The summed E-state index contributed by atoms with van der Waals surface area (Å²) in [6.45, 7) is 6.37. The van der Waals surface area contributed by atoms with Gasteiger partial charge in [0.25, 0.3) is 0 Å². The highest BCUT2D eigenvalue weighted by atomic mass is 16.3. The van der Waals surface area contributed by atoms with Crippen molar-refractivity contribution < 1.29 is 5.11 Å². The molecule has 0 aromatic rings. The van der Waals surface area contributed by atoms with Gasteiger partial charge in [0.05, 0.1) is 6.10 Å². The maximum absolute atomic E-state index is 9.82. The summed E-state index contributed by atoms with van der Waals surface area (Å²) in [5.74, 6) is 2.38. The van der Waals surface area contributed by atoms with Crippen LogP contribution >= 0.6 is 0 Å². The van der Waals surface area contributed by atoms with E-state index in [4.69, 9.17) is 0 Å². The summed E-state index contributed by atoms with van der Waals surface area (Å²) in [5.41, 5.74) is 0. The van der Waals surface area contributed by atoms with Crippen LogP contribution in [0.2, 0.25) is 0 Å². The van der Waals surface area contributed by atoms with Gasteiger partial charge in [0.1, 0.15) is 0 Å². The molecule has 1 nitrogen and oxygen atoms in total. The Kier molecular flexibility index (Phi) is 4.94. The van der Waals surface area contributed by atoms with E-state index < -0.39 is 0 Å². The van der Waals surface area contributed by atoms with Crippen LogP contribution < -0.4 is 0 Å². The molecule has 2 aliphatic rings. The first-order valence-electron chi connectivity index (χ1n) is 6.47. The average molecular weight is 198 g/mol. The fourth-order valence-electron chi connectivity index (χ4n) is 3.23. The van der Waals surface area contributed by atoms with Crippen molar-refractivity contribution in [2.45, 2.75) is 65.4 Å². The van der Waals surface area contributed by atoms with Crippen LogP contribution in [-0.4, -0.2) is 11.2 Å². The zero-order valence-corrected chi connectivity index (χ0v) is 10.00. The first-order valence-corrected chi connectivity index (χ1v) is 6.47. The molecule has 84 valence electrons. The van der Waals surface area contributed by atoms with Crippen molar-refractivity contribution in [2.24, 2.45) is 17.8 Å². The van der Waals surface area contributed by atoms with Crippen molar-refractivity contribution in [3.05, 3.63) is 0 Å². The van der Waals surface area contributed by atoms with Gasteiger partial charge in [0.2, 0.25) is 0 Å². The summed E-state index contributed by atoms with van der Waals surface area (Å²) in [6.07, 6.45) is 7.76. The van der Waals surface area contributed by atoms with Gasteiger partial charge in [-0.05, 0) is 43.4 Å². The van der Waals surface area contributed by atoms with Crippen LogP contribution in [0.25, 0.3) is 0 Å². The summed E-state index contributed by atoms with van der Waals surface area (Å²) in [7, 11) is 0. The van der Waals surface area contributed by atoms with Crippen molar-refractivity contribution in [1.29, 1.82) is 0 Å². The number of rotatable bonds is 0. The molecule has 0 bridgehead atoms. The fraction of sp³-hybridized carbons (Fsp3) is 1.00. The maximum atomic E-state index is 9.82. The number of aliphatic hydroxyl groups is 1. The Labute approximate surface area is 88.9 Å². The Morgan fingerprint density at radius 1 is 0.857 bits per heavy atom. The SMILES string of the molecule is CC.CC1CCC(O)C2CCCCC12. The van der Waals surface area contributed by atoms with Gasteiger partial charge in [0, 0.05) is 0 Å². The van der Waals surface area contributed by atoms with E-state index >= 15 is 0 Å². The number of fused-ring (bicyclic) bond motifs is 1. The van der Waals surface area contributed by atoms with Crippen LogP contribution in [0.3, 0.4) is 0 Å². The van der Waals surface area contributed by atoms with Gasteiger partial charge in [-0.2, -0.15) is 0 Å². The Morgan fingerprint density at radius 2 is 1.43 bits per heavy atom. The van der Waals surface area contributed by atoms with Gasteiger partial charge in [-0.25, -0.2) is 0 Å². The minimum Gasteiger partial charge on any atom is -0.393 e. The highest BCUT2D eigenvalue weighted by molar-refractivity contribution is 4.88. The second kappa shape index (κ2) is 5.75. The van der Waals surface area contributed by atoms with Crippen molar-refractivity contribution in [3.63, 3.8) is 0 Å². The summed E-state index contributed by atoms with van der Waals surface area (Å²) >= 11 is 0. The van der Waals surface area contributed by atoms with E-state index in [1.807, 2.05) is 13.8 Å². The lowest BCUT2D eigenvalue weighted by Crippen LogP contribution is -2.38. The molecule has 0 radical (unpaired) electrons. The van der Waals surface area contributed by atoms with E-state index in [0.717, 1.165) is 18.3 Å². The van der Waals surface area contributed by atoms with Gasteiger partial charge >= 0.3 is 0 Å². The molecule has 2 aliphatic carbocycles. The Morgan fingerprint density at radius 3 is 2.00 bits per heavy atom. The van der Waals surface area contributed by atoms with E-state index in [-0.39, 0.29) is 6.10 Å². The molecule has 0 spiro atoms. The van der Waals surface area contributed by atoms with Crippen LogP contribution in [-0.2, 0) is 0 Å². The van der Waals surface area contributed by atoms with Crippen molar-refractivity contribution in [1.82, 2.24) is 0 Å². The Bertz CT molecular complexity index is 137. The highest BCUT2D eigenvalue weighted by Gasteiger charge is 2.37. The van der Waals surface area contributed by atoms with Gasteiger partial charge < -0.3 is 5.11 Å². The van der Waals surface area contributed by atoms with Crippen molar-refractivity contribution in [3.8, 4) is 0 Å². The standard InChI is InChI=1S/C11H20O.C2H6/c1-8-6-7-11(12)10-5-3-2-4-9(8)10;1-2/h8-12H,2-7H2,1H3;1-2H3. The first-order chi connectivity index (χ1) is 6.79. The molecule has 1 N–H and O–H groups in total. The molecule has 4 unspecified atom stereocenters. The highest BCUT2D eigenvalue weighted by Crippen LogP contribution is 2.43. The van der Waals surface area contributed by atoms with E-state index in [9.17, 15) is 5.11 Å². The van der Waals surface area contributed by atoms with Gasteiger partial charge in [0.15, 0.2) is 0 Å². The van der Waals surface area contributed by atoms with Crippen molar-refractivity contribution in [2.75, 3.05) is 0 Å². The predicted octanol–water partition coefficient (Wildman–Crippen LogP) is 3.61. The minimum absolute atomic E-state index is 0.0338. The van der Waals surface area contributed by atoms with E-state index in [2.05, 4.69) is 6.92 Å². The molecule has 0 aromatic heterocycles. The third kappa shape index (κ3) is 2.50. The smallest absolute Gasteiger partial charge is 0.0571 e. The van der Waals surface area contributed by atoms with Crippen LogP contribution in [0.5, 0.6) is 0 Å². The van der Waals surface area contributed by atoms with Crippen LogP contribution in [0, 0.1) is 17.8 Å². The van der Waals surface area contributed by atoms with Crippen LogP contribution in [0.15, 0.2) is 0 Å². The lowest BCUT2D eigenvalue weighted by Gasteiger charge is -2.42. The molecule has 0 amide bonds. The zero-order chi connectivity index (χ0) is 10.6. The largest absolute Gasteiger partial charge is 0.393 e. The van der Waals surface area contributed by atoms with E-state index in [1.54, 1.807) is 0 Å². The van der Waals surface area contributed by atoms with E-state index in [1.165, 1.54) is 32.1 Å². The summed E-state index contributed by atoms with van der Waals surface area (Å²) in [4.78, 5) is 0. The van der Waals surface area contributed by atoms with Crippen LogP contribution in [0.4, 0.5) is 0 Å². The van der Waals surface area contributed by atoms with Gasteiger partial charge in [-0.1, -0.05) is 33.6 Å². The molecule has 0 aromatic carbocycles. The average Bonchev–Trinajstić information content (AvgIpc) is 2.27. The zero-order valence-electron chi connectivity index (χ0n) is 10.00. The summed E-state index contributed by atoms with van der Waals surface area (Å²) in [5, 5.41) is 9.82.